The van der Waals surface area contributed by atoms with E-state index in [0.29, 0.717) is 25.9 Å². The van der Waals surface area contributed by atoms with Crippen LogP contribution >= 0.6 is 0 Å². The van der Waals surface area contributed by atoms with Crippen molar-refractivity contribution in [2.75, 3.05) is 26.3 Å². The molecule has 0 saturated carbocycles. The molecule has 0 aromatic rings. The Morgan fingerprint density at radius 1 is 0.413 bits per heavy atom. The van der Waals surface area contributed by atoms with Crippen LogP contribution in [0.1, 0.15) is 206 Å². The quantitative estimate of drug-likeness (QED) is 0.0404. The van der Waals surface area contributed by atoms with Crippen molar-refractivity contribution in [2.45, 2.75) is 206 Å². The fraction of sp³-hybridized carbons (Fsp3) is 0.900. The normalized spacial score (nSPS) is 11.0. The van der Waals surface area contributed by atoms with E-state index in [4.69, 9.17) is 10.2 Å². The Hall–Kier alpha value is -1.40. The molecule has 0 rings (SSSR count). The van der Waals surface area contributed by atoms with Crippen LogP contribution in [0.25, 0.3) is 0 Å². The molecular formula is C40H80N2O4. The van der Waals surface area contributed by atoms with Crippen LogP contribution in [0.3, 0.4) is 0 Å². The molecule has 274 valence electrons. The fourth-order valence-corrected chi connectivity index (χ4v) is 5.58. The second-order valence-corrected chi connectivity index (χ2v) is 13.2. The Morgan fingerprint density at radius 2 is 0.674 bits per heavy atom. The number of aliphatic hydroxyl groups is 2. The number of amides is 2. The summed E-state index contributed by atoms with van der Waals surface area (Å²) in [5.74, 6) is 0.144. The first-order valence-electron chi connectivity index (χ1n) is 20.0. The lowest BCUT2D eigenvalue weighted by Gasteiger charge is -2.04. The lowest BCUT2D eigenvalue weighted by molar-refractivity contribution is -0.122. The maximum atomic E-state index is 11.3. The topological polar surface area (TPSA) is 98.7 Å². The first-order chi connectivity index (χ1) is 22.6. The number of nitrogens with one attached hydrogen (secondary N) is 2. The highest BCUT2D eigenvalue weighted by atomic mass is 16.3. The van der Waals surface area contributed by atoms with Gasteiger partial charge >= 0.3 is 0 Å². The molecule has 2 amide bonds. The molecule has 0 bridgehead atoms. The van der Waals surface area contributed by atoms with Crippen molar-refractivity contribution >= 4 is 11.8 Å². The Bertz CT molecular complexity index is 626. The summed E-state index contributed by atoms with van der Waals surface area (Å²) in [5.41, 5.74) is 0. The average molecular weight is 653 g/mol. The first kappa shape index (κ1) is 46.7. The van der Waals surface area contributed by atoms with Crippen molar-refractivity contribution < 1.29 is 19.8 Å². The van der Waals surface area contributed by atoms with Crippen LogP contribution in [0.5, 0.6) is 0 Å². The van der Waals surface area contributed by atoms with Gasteiger partial charge < -0.3 is 20.8 Å². The van der Waals surface area contributed by atoms with Crippen LogP contribution in [0.2, 0.25) is 0 Å². The van der Waals surface area contributed by atoms with E-state index in [0.717, 1.165) is 25.7 Å². The third-order valence-corrected chi connectivity index (χ3v) is 8.54. The summed E-state index contributed by atoms with van der Waals surface area (Å²) in [6, 6.07) is 0. The number of allylic oxidation sites excluding steroid dienone is 2. The Morgan fingerprint density at radius 3 is 0.957 bits per heavy atom. The van der Waals surface area contributed by atoms with Gasteiger partial charge in [0.2, 0.25) is 11.8 Å². The van der Waals surface area contributed by atoms with Crippen LogP contribution in [-0.2, 0) is 9.59 Å². The second kappa shape index (κ2) is 43.6. The smallest absolute Gasteiger partial charge is 0.220 e. The van der Waals surface area contributed by atoms with E-state index in [2.05, 4.69) is 36.6 Å². The summed E-state index contributed by atoms with van der Waals surface area (Å²) in [7, 11) is 0. The minimum atomic E-state index is 0.0259. The molecule has 0 aromatic carbocycles. The van der Waals surface area contributed by atoms with Gasteiger partial charge in [0.05, 0.1) is 13.2 Å². The molecule has 0 unspecified atom stereocenters. The zero-order valence-electron chi connectivity index (χ0n) is 30.9. The molecule has 0 heterocycles. The monoisotopic (exact) mass is 653 g/mol. The van der Waals surface area contributed by atoms with Crippen molar-refractivity contribution in [3.63, 3.8) is 0 Å². The summed E-state index contributed by atoms with van der Waals surface area (Å²) in [5, 5.41) is 22.6. The molecule has 0 spiro atoms. The molecule has 0 aliphatic carbocycles. The second-order valence-electron chi connectivity index (χ2n) is 13.2. The molecule has 0 aliphatic rings. The summed E-state index contributed by atoms with van der Waals surface area (Å²) < 4.78 is 0. The predicted octanol–water partition coefficient (Wildman–Crippen LogP) is 10.5. The van der Waals surface area contributed by atoms with Crippen molar-refractivity contribution in [2.24, 2.45) is 0 Å². The summed E-state index contributed by atoms with van der Waals surface area (Å²) >= 11 is 0. The van der Waals surface area contributed by atoms with Crippen LogP contribution in [0.15, 0.2) is 12.2 Å². The molecule has 0 saturated heterocycles. The summed E-state index contributed by atoms with van der Waals surface area (Å²) in [6.07, 6.45) is 42.6. The number of carbonyl (C=O) groups is 2. The van der Waals surface area contributed by atoms with Crippen LogP contribution in [-0.4, -0.2) is 48.3 Å². The Kier molecular flexibility index (Phi) is 44.3. The lowest BCUT2D eigenvalue weighted by Crippen LogP contribution is -2.25. The van der Waals surface area contributed by atoms with Crippen LogP contribution in [0, 0.1) is 0 Å². The van der Waals surface area contributed by atoms with E-state index in [9.17, 15) is 9.59 Å². The highest BCUT2D eigenvalue weighted by Crippen LogP contribution is 2.14. The van der Waals surface area contributed by atoms with Crippen LogP contribution < -0.4 is 10.6 Å². The molecular weight excluding hydrogens is 572 g/mol. The molecule has 0 aromatic heterocycles. The number of hydrogen-bond donors (Lipinski definition) is 4. The molecule has 0 atom stereocenters. The SMILES string of the molecule is CCCCCCCC/C=C\CCCCCCCC(=O)NCCO.CCCCCCCCCCCCCCCCCC(=O)NCCO. The third-order valence-electron chi connectivity index (χ3n) is 8.54. The molecule has 0 aliphatic heterocycles. The number of aliphatic hydroxyl groups excluding tert-OH is 2. The van der Waals surface area contributed by atoms with Gasteiger partial charge in [-0.1, -0.05) is 167 Å². The van der Waals surface area contributed by atoms with Crippen molar-refractivity contribution in [1.82, 2.24) is 10.6 Å². The number of carbonyl (C=O) groups excluding carboxylic acids is 2. The van der Waals surface area contributed by atoms with Gasteiger partial charge in [0.25, 0.3) is 0 Å². The standard InChI is InChI=1S/C20H41NO2.C20H39NO2/c2*1-2-3-4-5-6-7-8-9-10-11-12-13-14-15-16-17-20(23)21-18-19-22/h22H,2-19H2,1H3,(H,21,23);9-10,22H,2-8,11-19H2,1H3,(H,21,23)/b;10-9-. The van der Waals surface area contributed by atoms with Gasteiger partial charge in [0.15, 0.2) is 0 Å². The first-order valence-corrected chi connectivity index (χ1v) is 20.0. The van der Waals surface area contributed by atoms with E-state index in [-0.39, 0.29) is 25.0 Å². The molecule has 6 heteroatoms. The minimum Gasteiger partial charge on any atom is -0.395 e. The van der Waals surface area contributed by atoms with E-state index < -0.39 is 0 Å². The molecule has 46 heavy (non-hydrogen) atoms. The largest absolute Gasteiger partial charge is 0.395 e. The number of unbranched alkanes of at least 4 members (excludes halogenated alkanes) is 25. The number of hydrogen-bond acceptors (Lipinski definition) is 4. The van der Waals surface area contributed by atoms with Gasteiger partial charge in [0.1, 0.15) is 0 Å². The highest BCUT2D eigenvalue weighted by Gasteiger charge is 2.01. The molecule has 0 fully saturated rings. The third kappa shape index (κ3) is 44.7. The van der Waals surface area contributed by atoms with Crippen molar-refractivity contribution in [3.05, 3.63) is 12.2 Å². The Labute approximate surface area is 286 Å². The molecule has 6 nitrogen and oxygen atoms in total. The fourth-order valence-electron chi connectivity index (χ4n) is 5.58. The molecule has 4 N–H and O–H groups in total. The zero-order valence-corrected chi connectivity index (χ0v) is 30.9. The van der Waals surface area contributed by atoms with Gasteiger partial charge in [-0.05, 0) is 38.5 Å². The summed E-state index contributed by atoms with van der Waals surface area (Å²) in [6.45, 7) is 5.36. The van der Waals surface area contributed by atoms with Crippen molar-refractivity contribution in [1.29, 1.82) is 0 Å². The van der Waals surface area contributed by atoms with Crippen LogP contribution in [0.4, 0.5) is 0 Å². The van der Waals surface area contributed by atoms with Gasteiger partial charge in [-0.2, -0.15) is 0 Å². The maximum Gasteiger partial charge on any atom is 0.220 e. The minimum absolute atomic E-state index is 0.0259. The lowest BCUT2D eigenvalue weighted by atomic mass is 10.0. The maximum absolute atomic E-state index is 11.3. The van der Waals surface area contributed by atoms with Gasteiger partial charge in [0, 0.05) is 25.9 Å². The van der Waals surface area contributed by atoms with Gasteiger partial charge in [-0.3, -0.25) is 9.59 Å². The average Bonchev–Trinajstić information content (AvgIpc) is 3.06. The molecule has 0 radical (unpaired) electrons. The van der Waals surface area contributed by atoms with E-state index in [1.165, 1.54) is 154 Å². The Balaban J connectivity index is 0. The predicted molar refractivity (Wildman–Crippen MR) is 199 cm³/mol. The highest BCUT2D eigenvalue weighted by molar-refractivity contribution is 5.76. The van der Waals surface area contributed by atoms with Gasteiger partial charge in [-0.25, -0.2) is 0 Å². The van der Waals surface area contributed by atoms with Gasteiger partial charge in [-0.15, -0.1) is 0 Å². The zero-order chi connectivity index (χ0) is 34.0. The van der Waals surface area contributed by atoms with E-state index in [1.54, 1.807) is 0 Å². The van der Waals surface area contributed by atoms with E-state index >= 15 is 0 Å². The van der Waals surface area contributed by atoms with Crippen molar-refractivity contribution in [3.8, 4) is 0 Å². The summed E-state index contributed by atoms with van der Waals surface area (Å²) in [4.78, 5) is 22.6. The van der Waals surface area contributed by atoms with E-state index in [1.807, 2.05) is 0 Å². The number of rotatable bonds is 35.